The summed E-state index contributed by atoms with van der Waals surface area (Å²) in [5.74, 6) is -0.322. The molecule has 2 fully saturated rings. The third-order valence-corrected chi connectivity index (χ3v) is 8.38. The second-order valence-electron chi connectivity index (χ2n) is 9.76. The van der Waals surface area contributed by atoms with Crippen LogP contribution in [0.2, 0.25) is 0 Å². The summed E-state index contributed by atoms with van der Waals surface area (Å²) in [6, 6.07) is 6.30. The number of aromatic nitrogens is 2. The van der Waals surface area contributed by atoms with Gasteiger partial charge in [-0.2, -0.15) is 4.98 Å². The summed E-state index contributed by atoms with van der Waals surface area (Å²) < 4.78 is 34.7. The van der Waals surface area contributed by atoms with Gasteiger partial charge in [-0.25, -0.2) is 8.78 Å². The number of ether oxygens (including phenoxy) is 1. The van der Waals surface area contributed by atoms with Gasteiger partial charge in [0, 0.05) is 42.2 Å². The van der Waals surface area contributed by atoms with E-state index in [1.807, 2.05) is 4.90 Å². The van der Waals surface area contributed by atoms with E-state index in [0.29, 0.717) is 64.7 Å². The monoisotopic (exact) mass is 546 g/mol. The third kappa shape index (κ3) is 3.87. The van der Waals surface area contributed by atoms with E-state index in [-0.39, 0.29) is 29.5 Å². The van der Waals surface area contributed by atoms with E-state index in [2.05, 4.69) is 30.8 Å². The van der Waals surface area contributed by atoms with Gasteiger partial charge in [0.15, 0.2) is 0 Å². The van der Waals surface area contributed by atoms with Gasteiger partial charge in [0.1, 0.15) is 24.3 Å². The molecule has 0 saturated carbocycles. The minimum atomic E-state index is -0.857. The Morgan fingerprint density at radius 1 is 1.31 bits per heavy atom. The van der Waals surface area contributed by atoms with Crippen molar-refractivity contribution < 1.29 is 18.6 Å². The zero-order valence-electron chi connectivity index (χ0n) is 19.0. The molecule has 0 radical (unpaired) electrons. The Kier molecular flexibility index (Phi) is 5.48. The molecular formula is C25H25BrF2N4O3. The highest BCUT2D eigenvalue weighted by atomic mass is 79.9. The van der Waals surface area contributed by atoms with Crippen LogP contribution in [0, 0.1) is 5.82 Å². The summed E-state index contributed by atoms with van der Waals surface area (Å²) in [6.45, 7) is 2.39. The van der Waals surface area contributed by atoms with Crippen molar-refractivity contribution in [2.24, 2.45) is 0 Å². The van der Waals surface area contributed by atoms with Gasteiger partial charge in [0.25, 0.3) is 11.6 Å². The molecule has 0 amide bonds. The normalized spacial score (nSPS) is 24.1. The number of aromatic hydroxyl groups is 1. The number of nitrogens with one attached hydrogen (secondary N) is 1. The van der Waals surface area contributed by atoms with Crippen LogP contribution in [0.4, 0.5) is 14.5 Å². The van der Waals surface area contributed by atoms with Crippen molar-refractivity contribution in [1.82, 2.24) is 14.9 Å². The number of hydrogen-bond donors (Lipinski definition) is 2. The molecule has 10 heteroatoms. The molecule has 0 bridgehead atoms. The summed E-state index contributed by atoms with van der Waals surface area (Å²) in [5.41, 5.74) is 1.25. The molecule has 4 heterocycles. The van der Waals surface area contributed by atoms with Crippen molar-refractivity contribution in [2.45, 2.75) is 43.9 Å². The predicted molar refractivity (Wildman–Crippen MR) is 131 cm³/mol. The number of aromatic amines is 1. The van der Waals surface area contributed by atoms with Gasteiger partial charge >= 0.3 is 0 Å². The molecule has 2 aromatic carbocycles. The van der Waals surface area contributed by atoms with Gasteiger partial charge < -0.3 is 14.7 Å². The molecule has 184 valence electrons. The van der Waals surface area contributed by atoms with Crippen molar-refractivity contribution in [1.29, 1.82) is 0 Å². The van der Waals surface area contributed by atoms with Gasteiger partial charge in [-0.1, -0.05) is 6.07 Å². The molecule has 3 aliphatic rings. The fourth-order valence-electron chi connectivity index (χ4n) is 5.95. The highest BCUT2D eigenvalue weighted by molar-refractivity contribution is 9.10. The first-order valence-electron chi connectivity index (χ1n) is 11.8. The number of benzene rings is 2. The number of phenols is 1. The van der Waals surface area contributed by atoms with E-state index < -0.39 is 12.0 Å². The van der Waals surface area contributed by atoms with Crippen LogP contribution in [0.15, 0.2) is 33.5 Å². The second-order valence-corrected chi connectivity index (χ2v) is 10.5. The Hall–Kier alpha value is -2.72. The Bertz CT molecular complexity index is 1380. The number of halogens is 3. The van der Waals surface area contributed by atoms with Crippen molar-refractivity contribution in [2.75, 3.05) is 31.1 Å². The first-order chi connectivity index (χ1) is 16.8. The van der Waals surface area contributed by atoms with E-state index in [1.54, 1.807) is 18.2 Å². The molecule has 0 spiro atoms. The number of rotatable bonds is 4. The van der Waals surface area contributed by atoms with Crippen LogP contribution in [0.25, 0.3) is 10.8 Å². The summed E-state index contributed by atoms with van der Waals surface area (Å²) >= 11 is 3.35. The molecule has 2 saturated heterocycles. The summed E-state index contributed by atoms with van der Waals surface area (Å²) in [4.78, 5) is 24.3. The maximum absolute atomic E-state index is 14.3. The standard InChI is InChI=1S/C25H25BrF2N4O3/c26-22-18(28)3-2-14-8-16(33)9-20(21(14)22)31-7-4-17-19(12-31)29-24(30-23(17)34)35-13-25-5-1-6-32(25)11-15(27)10-25/h2-3,8-9,15,33H,1,4-7,10-13H2,(H,29,30,34)/t15-,25+/m1/s1. The zero-order valence-corrected chi connectivity index (χ0v) is 20.6. The van der Waals surface area contributed by atoms with Crippen molar-refractivity contribution in [3.63, 3.8) is 0 Å². The van der Waals surface area contributed by atoms with Gasteiger partial charge in [-0.3, -0.25) is 14.7 Å². The van der Waals surface area contributed by atoms with Gasteiger partial charge in [0.2, 0.25) is 0 Å². The zero-order chi connectivity index (χ0) is 24.3. The SMILES string of the molecule is O=c1[nH]c(OC[C@@]23CCCN2C[C@H](F)C3)nc2c1CCN(c1cc(O)cc3ccc(F)c(Br)c13)C2. The lowest BCUT2D eigenvalue weighted by Gasteiger charge is -2.32. The number of alkyl halides is 1. The molecule has 3 aromatic rings. The molecular weight excluding hydrogens is 522 g/mol. The van der Waals surface area contributed by atoms with E-state index in [0.717, 1.165) is 19.4 Å². The summed E-state index contributed by atoms with van der Waals surface area (Å²) in [6.07, 6.45) is 1.90. The minimum absolute atomic E-state index is 0.0720. The summed E-state index contributed by atoms with van der Waals surface area (Å²) in [5, 5.41) is 11.6. The molecule has 6 rings (SSSR count). The maximum Gasteiger partial charge on any atom is 0.296 e. The van der Waals surface area contributed by atoms with Crippen LogP contribution in [0.1, 0.15) is 30.5 Å². The lowest BCUT2D eigenvalue weighted by atomic mass is 9.95. The van der Waals surface area contributed by atoms with Crippen molar-refractivity contribution >= 4 is 32.4 Å². The molecule has 0 aliphatic carbocycles. The third-order valence-electron chi connectivity index (χ3n) is 7.60. The van der Waals surface area contributed by atoms with Crippen molar-refractivity contribution in [3.05, 3.63) is 56.2 Å². The van der Waals surface area contributed by atoms with Crippen LogP contribution >= 0.6 is 15.9 Å². The molecule has 0 unspecified atom stereocenters. The number of fused-ring (bicyclic) bond motifs is 3. The number of hydrogen-bond acceptors (Lipinski definition) is 6. The highest BCUT2D eigenvalue weighted by Crippen LogP contribution is 2.41. The Morgan fingerprint density at radius 2 is 2.17 bits per heavy atom. The van der Waals surface area contributed by atoms with E-state index >= 15 is 0 Å². The molecule has 7 nitrogen and oxygen atoms in total. The largest absolute Gasteiger partial charge is 0.508 e. The average Bonchev–Trinajstić information content (AvgIpc) is 3.35. The van der Waals surface area contributed by atoms with Gasteiger partial charge in [0.05, 0.1) is 22.3 Å². The van der Waals surface area contributed by atoms with Gasteiger partial charge in [-0.15, -0.1) is 0 Å². The highest BCUT2D eigenvalue weighted by Gasteiger charge is 2.49. The molecule has 2 atom stereocenters. The topological polar surface area (TPSA) is 81.7 Å². The van der Waals surface area contributed by atoms with E-state index in [1.165, 1.54) is 6.07 Å². The first-order valence-corrected chi connectivity index (χ1v) is 12.6. The lowest BCUT2D eigenvalue weighted by molar-refractivity contribution is 0.107. The number of phenolic OH excluding ortho intramolecular Hbond substituents is 1. The average molecular weight is 547 g/mol. The Balaban J connectivity index is 1.30. The second kappa shape index (κ2) is 8.44. The number of anilines is 1. The predicted octanol–water partition coefficient (Wildman–Crippen LogP) is 4.05. The molecule has 3 aliphatic heterocycles. The number of nitrogens with zero attached hydrogens (tertiary/aromatic N) is 3. The lowest BCUT2D eigenvalue weighted by Crippen LogP contribution is -2.44. The van der Waals surface area contributed by atoms with Crippen LogP contribution in [0.3, 0.4) is 0 Å². The number of H-pyrrole nitrogens is 1. The van der Waals surface area contributed by atoms with E-state index in [9.17, 15) is 18.7 Å². The van der Waals surface area contributed by atoms with Crippen molar-refractivity contribution in [3.8, 4) is 11.8 Å². The Morgan fingerprint density at radius 3 is 3.03 bits per heavy atom. The minimum Gasteiger partial charge on any atom is -0.508 e. The molecule has 35 heavy (non-hydrogen) atoms. The van der Waals surface area contributed by atoms with Crippen LogP contribution in [-0.4, -0.2) is 57.9 Å². The van der Waals surface area contributed by atoms with Crippen LogP contribution in [0.5, 0.6) is 11.8 Å². The van der Waals surface area contributed by atoms with Crippen LogP contribution < -0.4 is 15.2 Å². The fourth-order valence-corrected chi connectivity index (χ4v) is 6.52. The fraction of sp³-hybridized carbons (Fsp3) is 0.440. The maximum atomic E-state index is 14.3. The molecule has 1 aromatic heterocycles. The Labute approximate surface area is 208 Å². The summed E-state index contributed by atoms with van der Waals surface area (Å²) in [7, 11) is 0. The molecule has 2 N–H and O–H groups in total. The van der Waals surface area contributed by atoms with E-state index in [4.69, 9.17) is 4.74 Å². The van der Waals surface area contributed by atoms with Crippen LogP contribution in [-0.2, 0) is 13.0 Å². The van der Waals surface area contributed by atoms with Gasteiger partial charge in [-0.05, 0) is 59.3 Å². The quantitative estimate of drug-likeness (QED) is 0.513. The first kappa shape index (κ1) is 22.7. The smallest absolute Gasteiger partial charge is 0.296 e.